The van der Waals surface area contributed by atoms with Crippen molar-refractivity contribution in [1.82, 2.24) is 15.2 Å². The number of hydrogen-bond acceptors (Lipinski definition) is 6. The van der Waals surface area contributed by atoms with Gasteiger partial charge in [-0.2, -0.15) is 5.26 Å². The topological polar surface area (TPSA) is 107 Å². The quantitative estimate of drug-likeness (QED) is 0.545. The van der Waals surface area contributed by atoms with Crippen LogP contribution in [-0.2, 0) is 24.3 Å². The van der Waals surface area contributed by atoms with Crippen LogP contribution >= 0.6 is 11.3 Å². The molecule has 3 unspecified atom stereocenters. The number of aromatic nitrogens is 1. The van der Waals surface area contributed by atoms with Gasteiger partial charge in [0.05, 0.1) is 37.0 Å². The van der Waals surface area contributed by atoms with Crippen molar-refractivity contribution >= 4 is 28.3 Å². The van der Waals surface area contributed by atoms with Crippen molar-refractivity contribution in [3.05, 3.63) is 76.4 Å². The zero-order chi connectivity index (χ0) is 24.4. The molecule has 2 N–H and O–H groups in total. The molecule has 0 saturated heterocycles. The molecule has 0 spiro atoms. The van der Waals surface area contributed by atoms with Crippen LogP contribution in [0.5, 0.6) is 5.75 Å². The lowest BCUT2D eigenvalue weighted by Crippen LogP contribution is -2.47. The third kappa shape index (κ3) is 4.98. The van der Waals surface area contributed by atoms with Gasteiger partial charge >= 0.3 is 6.03 Å². The summed E-state index contributed by atoms with van der Waals surface area (Å²) in [5, 5.41) is 16.3. The van der Waals surface area contributed by atoms with Gasteiger partial charge < -0.3 is 20.3 Å². The zero-order valence-corrected chi connectivity index (χ0v) is 20.0. The molecule has 5 rings (SSSR count). The predicted molar refractivity (Wildman–Crippen MR) is 132 cm³/mol. The highest BCUT2D eigenvalue weighted by molar-refractivity contribution is 7.16. The summed E-state index contributed by atoms with van der Waals surface area (Å²) < 4.78 is 5.29. The molecule has 1 aromatic carbocycles. The van der Waals surface area contributed by atoms with Gasteiger partial charge in [0.25, 0.3) is 0 Å². The van der Waals surface area contributed by atoms with Crippen molar-refractivity contribution in [2.45, 2.75) is 37.9 Å². The fourth-order valence-corrected chi connectivity index (χ4v) is 5.55. The smallest absolute Gasteiger partial charge is 0.319 e. The van der Waals surface area contributed by atoms with E-state index < -0.39 is 6.04 Å². The molecule has 1 aliphatic carbocycles. The molecule has 3 heterocycles. The van der Waals surface area contributed by atoms with Gasteiger partial charge in [-0.15, -0.1) is 11.3 Å². The summed E-state index contributed by atoms with van der Waals surface area (Å²) in [6.07, 6.45) is 2.92. The number of anilines is 1. The van der Waals surface area contributed by atoms with E-state index in [-0.39, 0.29) is 23.8 Å². The van der Waals surface area contributed by atoms with Crippen LogP contribution in [-0.4, -0.2) is 35.0 Å². The van der Waals surface area contributed by atoms with Crippen molar-refractivity contribution in [3.8, 4) is 11.8 Å². The average molecular weight is 488 g/mol. The third-order valence-electron chi connectivity index (χ3n) is 6.45. The molecule has 9 heteroatoms. The minimum Gasteiger partial charge on any atom is -0.497 e. The Kier molecular flexibility index (Phi) is 6.38. The number of amides is 3. The monoisotopic (exact) mass is 487 g/mol. The molecule has 3 aromatic rings. The molecule has 2 aliphatic rings. The van der Waals surface area contributed by atoms with E-state index in [1.807, 2.05) is 48.5 Å². The van der Waals surface area contributed by atoms with Crippen LogP contribution in [0, 0.1) is 17.2 Å². The first-order chi connectivity index (χ1) is 17.1. The fourth-order valence-electron chi connectivity index (χ4n) is 4.46. The second kappa shape index (κ2) is 9.76. The molecular formula is C26H25N5O3S. The van der Waals surface area contributed by atoms with Crippen LogP contribution in [0.3, 0.4) is 0 Å². The minimum absolute atomic E-state index is 0.00166. The number of hydrogen-bond donors (Lipinski definition) is 2. The van der Waals surface area contributed by atoms with Crippen LogP contribution in [0.1, 0.15) is 34.0 Å². The first kappa shape index (κ1) is 22.9. The Labute approximate surface area is 207 Å². The number of nitrogens with zero attached hydrogens (tertiary/aromatic N) is 3. The van der Waals surface area contributed by atoms with Crippen LogP contribution in [0.2, 0.25) is 0 Å². The lowest BCUT2D eigenvalue weighted by atomic mass is 10.0. The van der Waals surface area contributed by atoms with E-state index in [2.05, 4.69) is 21.7 Å². The average Bonchev–Trinajstić information content (AvgIpc) is 3.61. The number of nitriles is 1. The van der Waals surface area contributed by atoms with Crippen molar-refractivity contribution < 1.29 is 14.3 Å². The number of fused-ring (bicyclic) bond motifs is 1. The maximum Gasteiger partial charge on any atom is 0.319 e. The zero-order valence-electron chi connectivity index (χ0n) is 19.2. The molecule has 3 amide bonds. The second-order valence-electron chi connectivity index (χ2n) is 8.73. The number of thiophene rings is 1. The summed E-state index contributed by atoms with van der Waals surface area (Å²) in [4.78, 5) is 32.4. The number of methoxy groups -OCH3 is 1. The van der Waals surface area contributed by atoms with Gasteiger partial charge in [-0.05, 0) is 53.8 Å². The molecule has 35 heavy (non-hydrogen) atoms. The Morgan fingerprint density at radius 1 is 1.26 bits per heavy atom. The molecule has 2 aromatic heterocycles. The number of urea groups is 1. The molecule has 1 saturated carbocycles. The highest BCUT2D eigenvalue weighted by Crippen LogP contribution is 2.49. The number of carbonyl (C=O) groups excluding carboxylic acids is 2. The predicted octanol–water partition coefficient (Wildman–Crippen LogP) is 4.05. The van der Waals surface area contributed by atoms with E-state index in [9.17, 15) is 14.9 Å². The summed E-state index contributed by atoms with van der Waals surface area (Å²) in [6.45, 7) is 0.626. The van der Waals surface area contributed by atoms with E-state index in [1.165, 1.54) is 11.3 Å². The second-order valence-corrected chi connectivity index (χ2v) is 9.87. The first-order valence-electron chi connectivity index (χ1n) is 11.5. The largest absolute Gasteiger partial charge is 0.497 e. The molecule has 3 atom stereocenters. The highest BCUT2D eigenvalue weighted by Gasteiger charge is 2.44. The molecular weight excluding hydrogens is 462 g/mol. The Morgan fingerprint density at radius 3 is 2.91 bits per heavy atom. The van der Waals surface area contributed by atoms with E-state index >= 15 is 0 Å². The maximum absolute atomic E-state index is 12.9. The summed E-state index contributed by atoms with van der Waals surface area (Å²) in [5.41, 5.74) is 2.87. The molecule has 0 bridgehead atoms. The SMILES string of the molecule is COc1cccc(C2CC2C(=O)Nc2cc3c(s2)CN(C(=O)NCc2ccccn2)C(C#N)C3)c1. The van der Waals surface area contributed by atoms with Crippen LogP contribution in [0.4, 0.5) is 9.80 Å². The van der Waals surface area contributed by atoms with Gasteiger partial charge in [-0.3, -0.25) is 9.78 Å². The summed E-state index contributed by atoms with van der Waals surface area (Å²) >= 11 is 1.46. The van der Waals surface area contributed by atoms with Gasteiger partial charge in [0.15, 0.2) is 0 Å². The van der Waals surface area contributed by atoms with E-state index in [1.54, 1.807) is 18.2 Å². The Hall–Kier alpha value is -3.90. The third-order valence-corrected chi connectivity index (χ3v) is 7.53. The molecule has 8 nitrogen and oxygen atoms in total. The lowest BCUT2D eigenvalue weighted by molar-refractivity contribution is -0.117. The van der Waals surface area contributed by atoms with Crippen molar-refractivity contribution in [2.24, 2.45) is 5.92 Å². The standard InChI is InChI=1S/C26H25N5O3S/c1-34-20-7-4-5-16(10-20)21-12-22(21)25(32)30-24-11-17-9-19(13-27)31(15-23(17)35-24)26(33)29-14-18-6-2-3-8-28-18/h2-8,10-11,19,21-22H,9,12,14-15H2,1H3,(H,29,33)(H,30,32). The molecule has 0 radical (unpaired) electrons. The molecule has 1 fully saturated rings. The lowest BCUT2D eigenvalue weighted by Gasteiger charge is -2.31. The van der Waals surface area contributed by atoms with Crippen LogP contribution in [0.25, 0.3) is 0 Å². The van der Waals surface area contributed by atoms with Crippen LogP contribution in [0.15, 0.2) is 54.7 Å². The van der Waals surface area contributed by atoms with Crippen LogP contribution < -0.4 is 15.4 Å². The maximum atomic E-state index is 12.9. The summed E-state index contributed by atoms with van der Waals surface area (Å²) in [6, 6.07) is 16.7. The summed E-state index contributed by atoms with van der Waals surface area (Å²) in [5.74, 6) is 0.918. The number of carbonyl (C=O) groups is 2. The Morgan fingerprint density at radius 2 is 2.14 bits per heavy atom. The number of pyridine rings is 1. The fraction of sp³-hybridized carbons (Fsp3) is 0.308. The van der Waals surface area contributed by atoms with Gasteiger partial charge in [-0.25, -0.2) is 4.79 Å². The highest BCUT2D eigenvalue weighted by atomic mass is 32.1. The Bertz CT molecular complexity index is 1290. The number of benzene rings is 1. The minimum atomic E-state index is -0.565. The normalized spacial score (nSPS) is 20.3. The van der Waals surface area contributed by atoms with Crippen molar-refractivity contribution in [1.29, 1.82) is 5.26 Å². The number of ether oxygens (including phenoxy) is 1. The molecule has 178 valence electrons. The van der Waals surface area contributed by atoms with Gasteiger partial charge in [0.1, 0.15) is 11.8 Å². The van der Waals surface area contributed by atoms with E-state index in [0.717, 1.165) is 38.9 Å². The number of nitrogens with one attached hydrogen (secondary N) is 2. The Balaban J connectivity index is 1.21. The molecule has 1 aliphatic heterocycles. The van der Waals surface area contributed by atoms with E-state index in [0.29, 0.717) is 19.5 Å². The van der Waals surface area contributed by atoms with Crippen molar-refractivity contribution in [2.75, 3.05) is 12.4 Å². The first-order valence-corrected chi connectivity index (χ1v) is 12.3. The van der Waals surface area contributed by atoms with Crippen molar-refractivity contribution in [3.63, 3.8) is 0 Å². The van der Waals surface area contributed by atoms with Gasteiger partial charge in [0.2, 0.25) is 5.91 Å². The van der Waals surface area contributed by atoms with E-state index in [4.69, 9.17) is 4.74 Å². The van der Waals surface area contributed by atoms with Gasteiger partial charge in [-0.1, -0.05) is 18.2 Å². The van der Waals surface area contributed by atoms with Gasteiger partial charge in [0, 0.05) is 23.4 Å². The summed E-state index contributed by atoms with van der Waals surface area (Å²) in [7, 11) is 1.64. The number of rotatable bonds is 6.